The quantitative estimate of drug-likeness (QED) is 0.342. The van der Waals surface area contributed by atoms with Crippen LogP contribution in [0.3, 0.4) is 0 Å². The van der Waals surface area contributed by atoms with Gasteiger partial charge in [0.25, 0.3) is 0 Å². The van der Waals surface area contributed by atoms with Crippen molar-refractivity contribution in [2.45, 2.75) is 79.6 Å². The second-order valence-electron chi connectivity index (χ2n) is 7.33. The molecule has 0 aromatic heterocycles. The van der Waals surface area contributed by atoms with E-state index in [-0.39, 0.29) is 0 Å². The van der Waals surface area contributed by atoms with Crippen LogP contribution in [-0.2, 0) is 4.79 Å². The summed E-state index contributed by atoms with van der Waals surface area (Å²) in [6.45, 7) is 11.1. The first-order valence-corrected chi connectivity index (χ1v) is 8.89. The predicted molar refractivity (Wildman–Crippen MR) is 96.0 cm³/mol. The maximum atomic E-state index is 10.5. The molecule has 2 heteroatoms. The van der Waals surface area contributed by atoms with Gasteiger partial charge in [0.15, 0.2) is 0 Å². The summed E-state index contributed by atoms with van der Waals surface area (Å²) in [4.78, 5) is 10.5. The highest BCUT2D eigenvalue weighted by Crippen LogP contribution is 2.20. The number of aliphatic carboxylic acids is 1. The van der Waals surface area contributed by atoms with Crippen LogP contribution in [0.4, 0.5) is 0 Å². The summed E-state index contributed by atoms with van der Waals surface area (Å²) in [6, 6.07) is 0. The van der Waals surface area contributed by atoms with Crippen LogP contribution in [0.15, 0.2) is 23.8 Å². The molecule has 0 aromatic rings. The Morgan fingerprint density at radius 1 is 0.955 bits per heavy atom. The Morgan fingerprint density at radius 3 is 2.05 bits per heavy atom. The lowest BCUT2D eigenvalue weighted by Crippen LogP contribution is -1.99. The summed E-state index contributed by atoms with van der Waals surface area (Å²) in [5.41, 5.74) is 0.804. The van der Waals surface area contributed by atoms with E-state index < -0.39 is 5.97 Å². The van der Waals surface area contributed by atoms with Gasteiger partial charge in [-0.25, -0.2) is 4.79 Å². The molecular formula is C20H36O2. The van der Waals surface area contributed by atoms with Gasteiger partial charge in [-0.15, -0.1) is 0 Å². The molecule has 0 fully saturated rings. The fourth-order valence-corrected chi connectivity index (χ4v) is 2.68. The second kappa shape index (κ2) is 12.5. The van der Waals surface area contributed by atoms with Crippen molar-refractivity contribution in [2.24, 2.45) is 17.8 Å². The van der Waals surface area contributed by atoms with E-state index in [9.17, 15) is 4.79 Å². The van der Waals surface area contributed by atoms with Crippen LogP contribution < -0.4 is 0 Å². The molecule has 0 radical (unpaired) electrons. The van der Waals surface area contributed by atoms with E-state index in [0.29, 0.717) is 5.92 Å². The summed E-state index contributed by atoms with van der Waals surface area (Å²) >= 11 is 0. The van der Waals surface area contributed by atoms with E-state index in [1.54, 1.807) is 0 Å². The number of hydrogen-bond acceptors (Lipinski definition) is 1. The van der Waals surface area contributed by atoms with Gasteiger partial charge in [-0.1, -0.05) is 78.4 Å². The number of carboxylic acid groups (broad SMARTS) is 1. The van der Waals surface area contributed by atoms with E-state index in [4.69, 9.17) is 5.11 Å². The lowest BCUT2D eigenvalue weighted by Gasteiger charge is -2.14. The minimum absolute atomic E-state index is 0.678. The topological polar surface area (TPSA) is 37.3 Å². The zero-order chi connectivity index (χ0) is 17.0. The number of rotatable bonds is 12. The fourth-order valence-electron chi connectivity index (χ4n) is 2.68. The van der Waals surface area contributed by atoms with Crippen molar-refractivity contribution in [1.82, 2.24) is 0 Å². The summed E-state index contributed by atoms with van der Waals surface area (Å²) in [6.07, 6.45) is 14.3. The van der Waals surface area contributed by atoms with Crippen LogP contribution >= 0.6 is 0 Å². The van der Waals surface area contributed by atoms with E-state index in [1.165, 1.54) is 44.6 Å². The maximum Gasteiger partial charge on any atom is 0.328 e. The number of carboxylic acids is 1. The Morgan fingerprint density at radius 2 is 1.50 bits per heavy atom. The molecule has 0 aliphatic carbocycles. The Kier molecular flexibility index (Phi) is 11.9. The zero-order valence-electron chi connectivity index (χ0n) is 15.3. The molecule has 0 amide bonds. The molecule has 0 heterocycles. The van der Waals surface area contributed by atoms with Crippen molar-refractivity contribution >= 4 is 5.97 Å². The van der Waals surface area contributed by atoms with E-state index in [2.05, 4.69) is 33.8 Å². The Hall–Kier alpha value is -1.05. The second-order valence-corrected chi connectivity index (χ2v) is 7.33. The molecule has 2 unspecified atom stereocenters. The number of allylic oxidation sites excluding steroid dienone is 3. The molecule has 0 rings (SSSR count). The molecule has 2 nitrogen and oxygen atoms in total. The van der Waals surface area contributed by atoms with Gasteiger partial charge in [0.05, 0.1) is 0 Å². The van der Waals surface area contributed by atoms with Crippen molar-refractivity contribution in [3.8, 4) is 0 Å². The first-order chi connectivity index (χ1) is 10.3. The lowest BCUT2D eigenvalue weighted by atomic mass is 9.92. The van der Waals surface area contributed by atoms with Crippen molar-refractivity contribution in [3.05, 3.63) is 23.8 Å². The molecule has 0 saturated carbocycles. The highest BCUT2D eigenvalue weighted by atomic mass is 16.4. The van der Waals surface area contributed by atoms with E-state index in [1.807, 2.05) is 13.0 Å². The van der Waals surface area contributed by atoms with Gasteiger partial charge in [-0.05, 0) is 36.7 Å². The standard InChI is InChI=1S/C20H36O2/c1-16(2)9-6-10-17(3)11-7-12-18(4)13-8-14-19(5)15-20(21)22/h8,14-18H,6-7,9-13H2,1-5H3,(H,21,22). The zero-order valence-corrected chi connectivity index (χ0v) is 15.3. The molecule has 22 heavy (non-hydrogen) atoms. The smallest absolute Gasteiger partial charge is 0.328 e. The first kappa shape index (κ1) is 20.9. The third kappa shape index (κ3) is 13.9. The van der Waals surface area contributed by atoms with Crippen LogP contribution in [0.2, 0.25) is 0 Å². The van der Waals surface area contributed by atoms with Crippen LogP contribution in [0.25, 0.3) is 0 Å². The van der Waals surface area contributed by atoms with Crippen LogP contribution in [0, 0.1) is 17.8 Å². The van der Waals surface area contributed by atoms with Gasteiger partial charge >= 0.3 is 5.97 Å². The average Bonchev–Trinajstić information content (AvgIpc) is 2.37. The molecule has 0 aliphatic rings. The Labute approximate surface area is 137 Å². The third-order valence-electron chi connectivity index (χ3n) is 4.14. The number of carbonyl (C=O) groups is 1. The summed E-state index contributed by atoms with van der Waals surface area (Å²) in [7, 11) is 0. The Bertz CT molecular complexity index is 353. The van der Waals surface area contributed by atoms with Gasteiger partial charge in [0.1, 0.15) is 0 Å². The molecule has 0 aromatic carbocycles. The molecule has 1 N–H and O–H groups in total. The summed E-state index contributed by atoms with van der Waals surface area (Å²) in [5, 5.41) is 8.64. The van der Waals surface area contributed by atoms with Crippen LogP contribution in [-0.4, -0.2) is 11.1 Å². The SMILES string of the molecule is CC(C=CCC(C)CCCC(C)CCCC(C)C)=CC(=O)O. The molecule has 0 bridgehead atoms. The van der Waals surface area contributed by atoms with Crippen molar-refractivity contribution in [1.29, 1.82) is 0 Å². The minimum Gasteiger partial charge on any atom is -0.478 e. The first-order valence-electron chi connectivity index (χ1n) is 8.89. The predicted octanol–water partition coefficient (Wildman–Crippen LogP) is 6.23. The summed E-state index contributed by atoms with van der Waals surface area (Å²) in [5.74, 6) is 1.48. The van der Waals surface area contributed by atoms with Crippen molar-refractivity contribution in [3.63, 3.8) is 0 Å². The van der Waals surface area contributed by atoms with Crippen molar-refractivity contribution < 1.29 is 9.90 Å². The molecule has 0 spiro atoms. The summed E-state index contributed by atoms with van der Waals surface area (Å²) < 4.78 is 0. The van der Waals surface area contributed by atoms with E-state index >= 15 is 0 Å². The third-order valence-corrected chi connectivity index (χ3v) is 4.14. The van der Waals surface area contributed by atoms with Crippen molar-refractivity contribution in [2.75, 3.05) is 0 Å². The highest BCUT2D eigenvalue weighted by molar-refractivity contribution is 5.81. The normalized spacial score (nSPS) is 15.5. The van der Waals surface area contributed by atoms with Gasteiger partial charge in [-0.2, -0.15) is 0 Å². The maximum absolute atomic E-state index is 10.5. The average molecular weight is 309 g/mol. The van der Waals surface area contributed by atoms with Gasteiger partial charge < -0.3 is 5.11 Å². The lowest BCUT2D eigenvalue weighted by molar-refractivity contribution is -0.131. The largest absolute Gasteiger partial charge is 0.478 e. The van der Waals surface area contributed by atoms with Crippen LogP contribution in [0.5, 0.6) is 0 Å². The molecule has 128 valence electrons. The monoisotopic (exact) mass is 308 g/mol. The Balaban J connectivity index is 3.75. The van der Waals surface area contributed by atoms with Gasteiger partial charge in [0.2, 0.25) is 0 Å². The van der Waals surface area contributed by atoms with Gasteiger partial charge in [-0.3, -0.25) is 0 Å². The molecule has 0 aliphatic heterocycles. The molecule has 2 atom stereocenters. The molecule has 0 saturated heterocycles. The highest BCUT2D eigenvalue weighted by Gasteiger charge is 2.05. The molecular weight excluding hydrogens is 272 g/mol. The fraction of sp³-hybridized carbons (Fsp3) is 0.750. The van der Waals surface area contributed by atoms with Gasteiger partial charge in [0, 0.05) is 6.08 Å². The van der Waals surface area contributed by atoms with Crippen LogP contribution in [0.1, 0.15) is 79.6 Å². The van der Waals surface area contributed by atoms with E-state index in [0.717, 1.165) is 23.8 Å². The number of hydrogen-bond donors (Lipinski definition) is 1. The minimum atomic E-state index is -0.873.